The minimum Gasteiger partial charge on any atom is -0.343 e. The van der Waals surface area contributed by atoms with Gasteiger partial charge in [0.2, 0.25) is 11.8 Å². The lowest BCUT2D eigenvalue weighted by Crippen LogP contribution is -2.65. The largest absolute Gasteiger partial charge is 0.343 e. The Morgan fingerprint density at radius 3 is 2.48 bits per heavy atom. The van der Waals surface area contributed by atoms with Crippen LogP contribution in [0.15, 0.2) is 0 Å². The van der Waals surface area contributed by atoms with Crippen molar-refractivity contribution in [1.29, 1.82) is 0 Å². The highest BCUT2D eigenvalue weighted by atomic mass is 16.2. The molecule has 4 unspecified atom stereocenters. The van der Waals surface area contributed by atoms with Gasteiger partial charge < -0.3 is 10.2 Å². The molecule has 4 nitrogen and oxygen atoms in total. The molecule has 0 aromatic carbocycles. The summed E-state index contributed by atoms with van der Waals surface area (Å²) in [6.07, 6.45) is 5.67. The van der Waals surface area contributed by atoms with E-state index in [0.29, 0.717) is 18.3 Å². The fraction of sp³-hybridized carbons (Fsp3) is 0.882. The Hall–Kier alpha value is -1.06. The monoisotopic (exact) mass is 294 g/mol. The highest BCUT2D eigenvalue weighted by Crippen LogP contribution is 2.32. The highest BCUT2D eigenvalue weighted by molar-refractivity contribution is 5.97. The van der Waals surface area contributed by atoms with Gasteiger partial charge in [-0.1, -0.05) is 47.0 Å². The van der Waals surface area contributed by atoms with E-state index in [1.807, 2.05) is 25.7 Å². The van der Waals surface area contributed by atoms with Crippen molar-refractivity contribution in [3.8, 4) is 0 Å². The first kappa shape index (κ1) is 16.3. The van der Waals surface area contributed by atoms with Crippen LogP contribution in [0, 0.1) is 17.8 Å². The van der Waals surface area contributed by atoms with Crippen molar-refractivity contribution in [1.82, 2.24) is 10.2 Å². The van der Waals surface area contributed by atoms with Crippen LogP contribution in [-0.4, -0.2) is 35.3 Å². The van der Waals surface area contributed by atoms with Crippen molar-refractivity contribution in [2.75, 3.05) is 6.54 Å². The van der Waals surface area contributed by atoms with Gasteiger partial charge in [-0.15, -0.1) is 0 Å². The van der Waals surface area contributed by atoms with Crippen molar-refractivity contribution in [2.45, 2.75) is 71.9 Å². The molecule has 0 radical (unpaired) electrons. The first-order valence-corrected chi connectivity index (χ1v) is 8.56. The van der Waals surface area contributed by atoms with E-state index in [1.165, 1.54) is 25.7 Å². The molecule has 1 aliphatic carbocycles. The third-order valence-electron chi connectivity index (χ3n) is 5.26. The predicted molar refractivity (Wildman–Crippen MR) is 83.7 cm³/mol. The molecule has 2 fully saturated rings. The average molecular weight is 294 g/mol. The van der Waals surface area contributed by atoms with Crippen LogP contribution in [0.4, 0.5) is 0 Å². The lowest BCUT2D eigenvalue weighted by atomic mass is 9.79. The lowest BCUT2D eigenvalue weighted by Gasteiger charge is -2.43. The molecule has 2 rings (SSSR count). The van der Waals surface area contributed by atoms with Gasteiger partial charge in [-0.25, -0.2) is 0 Å². The Labute approximate surface area is 128 Å². The van der Waals surface area contributed by atoms with Crippen LogP contribution in [-0.2, 0) is 9.59 Å². The van der Waals surface area contributed by atoms with Crippen LogP contribution in [0.5, 0.6) is 0 Å². The van der Waals surface area contributed by atoms with E-state index in [2.05, 4.69) is 12.2 Å². The van der Waals surface area contributed by atoms with Crippen molar-refractivity contribution >= 4 is 11.8 Å². The standard InChI is InChI=1S/C17H30N2O2/c1-5-14-17(21)19(15(11(2)3)16(20)18-14)10-13-9-7-6-8-12(13)4/h11-15H,5-10H2,1-4H3,(H,18,20). The Morgan fingerprint density at radius 2 is 1.90 bits per heavy atom. The third kappa shape index (κ3) is 3.41. The van der Waals surface area contributed by atoms with Gasteiger partial charge in [0.1, 0.15) is 12.1 Å². The zero-order valence-corrected chi connectivity index (χ0v) is 13.9. The fourth-order valence-electron chi connectivity index (χ4n) is 3.86. The number of piperazine rings is 1. The van der Waals surface area contributed by atoms with Crippen LogP contribution >= 0.6 is 0 Å². The number of nitrogens with zero attached hydrogens (tertiary/aromatic N) is 1. The minimum absolute atomic E-state index is 0.0277. The number of carbonyl (C=O) groups is 2. The number of rotatable bonds is 4. The first-order chi connectivity index (χ1) is 9.95. The molecule has 1 saturated carbocycles. The van der Waals surface area contributed by atoms with E-state index < -0.39 is 0 Å². The second-order valence-corrected chi connectivity index (χ2v) is 7.17. The molecule has 2 amide bonds. The molecule has 120 valence electrons. The zero-order chi connectivity index (χ0) is 15.6. The molecule has 21 heavy (non-hydrogen) atoms. The second-order valence-electron chi connectivity index (χ2n) is 7.17. The molecule has 1 heterocycles. The number of hydrogen-bond donors (Lipinski definition) is 1. The molecule has 0 aromatic heterocycles. The Morgan fingerprint density at radius 1 is 1.24 bits per heavy atom. The lowest BCUT2D eigenvalue weighted by molar-refractivity contribution is -0.152. The van der Waals surface area contributed by atoms with E-state index in [1.54, 1.807) is 0 Å². The summed E-state index contributed by atoms with van der Waals surface area (Å²) in [6.45, 7) is 9.06. The van der Waals surface area contributed by atoms with Gasteiger partial charge in [0.25, 0.3) is 0 Å². The van der Waals surface area contributed by atoms with Crippen LogP contribution < -0.4 is 5.32 Å². The van der Waals surface area contributed by atoms with Gasteiger partial charge in [-0.3, -0.25) is 9.59 Å². The average Bonchev–Trinajstić information content (AvgIpc) is 2.44. The van der Waals surface area contributed by atoms with Crippen LogP contribution in [0.25, 0.3) is 0 Å². The van der Waals surface area contributed by atoms with Crippen molar-refractivity contribution < 1.29 is 9.59 Å². The summed E-state index contributed by atoms with van der Waals surface area (Å²) in [5.41, 5.74) is 0. The fourth-order valence-corrected chi connectivity index (χ4v) is 3.86. The van der Waals surface area contributed by atoms with Gasteiger partial charge in [0, 0.05) is 6.54 Å². The molecule has 1 saturated heterocycles. The van der Waals surface area contributed by atoms with Crippen LogP contribution in [0.1, 0.15) is 59.8 Å². The normalized spacial score (nSPS) is 34.2. The summed E-state index contributed by atoms with van der Waals surface area (Å²) in [5.74, 6) is 1.51. The Bertz CT molecular complexity index is 394. The summed E-state index contributed by atoms with van der Waals surface area (Å²) in [7, 11) is 0. The van der Waals surface area contributed by atoms with E-state index >= 15 is 0 Å². The summed E-state index contributed by atoms with van der Waals surface area (Å²) in [5, 5.41) is 2.90. The summed E-state index contributed by atoms with van der Waals surface area (Å²) in [6, 6.07) is -0.624. The first-order valence-electron chi connectivity index (χ1n) is 8.56. The van der Waals surface area contributed by atoms with E-state index in [4.69, 9.17) is 0 Å². The van der Waals surface area contributed by atoms with Crippen LogP contribution in [0.3, 0.4) is 0 Å². The van der Waals surface area contributed by atoms with Gasteiger partial charge in [-0.2, -0.15) is 0 Å². The molecule has 0 aromatic rings. The quantitative estimate of drug-likeness (QED) is 0.866. The molecule has 1 N–H and O–H groups in total. The molecular weight excluding hydrogens is 264 g/mol. The Balaban J connectivity index is 2.17. The van der Waals surface area contributed by atoms with Gasteiger partial charge in [0.15, 0.2) is 0 Å². The number of nitrogens with one attached hydrogen (secondary N) is 1. The van der Waals surface area contributed by atoms with Crippen molar-refractivity contribution in [3.05, 3.63) is 0 Å². The molecule has 4 atom stereocenters. The molecule has 0 spiro atoms. The molecular formula is C17H30N2O2. The SMILES string of the molecule is CCC1NC(=O)C(C(C)C)N(CC2CCCCC2C)C1=O. The maximum absolute atomic E-state index is 12.7. The van der Waals surface area contributed by atoms with E-state index in [0.717, 1.165) is 6.54 Å². The smallest absolute Gasteiger partial charge is 0.245 e. The second kappa shape index (κ2) is 6.80. The third-order valence-corrected chi connectivity index (χ3v) is 5.26. The summed E-state index contributed by atoms with van der Waals surface area (Å²) < 4.78 is 0. The number of amides is 2. The van der Waals surface area contributed by atoms with Crippen molar-refractivity contribution in [2.24, 2.45) is 17.8 Å². The highest BCUT2D eigenvalue weighted by Gasteiger charge is 2.42. The van der Waals surface area contributed by atoms with E-state index in [9.17, 15) is 9.59 Å². The van der Waals surface area contributed by atoms with Gasteiger partial charge in [-0.05, 0) is 30.6 Å². The molecule has 2 aliphatic rings. The molecule has 0 bridgehead atoms. The van der Waals surface area contributed by atoms with Crippen LogP contribution in [0.2, 0.25) is 0 Å². The van der Waals surface area contributed by atoms with Crippen molar-refractivity contribution in [3.63, 3.8) is 0 Å². The molecule has 1 aliphatic heterocycles. The topological polar surface area (TPSA) is 49.4 Å². The predicted octanol–water partition coefficient (Wildman–Crippen LogP) is 2.57. The maximum Gasteiger partial charge on any atom is 0.245 e. The zero-order valence-electron chi connectivity index (χ0n) is 13.9. The minimum atomic E-state index is -0.327. The number of hydrogen-bond acceptors (Lipinski definition) is 2. The van der Waals surface area contributed by atoms with Gasteiger partial charge >= 0.3 is 0 Å². The summed E-state index contributed by atoms with van der Waals surface area (Å²) in [4.78, 5) is 27.0. The van der Waals surface area contributed by atoms with E-state index in [-0.39, 0.29) is 29.8 Å². The maximum atomic E-state index is 12.7. The molecule has 4 heteroatoms. The van der Waals surface area contributed by atoms with Gasteiger partial charge in [0.05, 0.1) is 0 Å². The number of carbonyl (C=O) groups excluding carboxylic acids is 2. The summed E-state index contributed by atoms with van der Waals surface area (Å²) >= 11 is 0. The Kier molecular flexibility index (Phi) is 5.28.